The van der Waals surface area contributed by atoms with E-state index in [0.717, 1.165) is 6.07 Å². The summed E-state index contributed by atoms with van der Waals surface area (Å²) in [6, 6.07) is 1.02. The summed E-state index contributed by atoms with van der Waals surface area (Å²) < 4.78 is 29.5. The van der Waals surface area contributed by atoms with Gasteiger partial charge in [0.2, 0.25) is 0 Å². The second-order valence-corrected chi connectivity index (χ2v) is 3.37. The van der Waals surface area contributed by atoms with Gasteiger partial charge in [0.25, 0.3) is 6.43 Å². The summed E-state index contributed by atoms with van der Waals surface area (Å²) in [6.07, 6.45) is -2.83. The van der Waals surface area contributed by atoms with E-state index < -0.39 is 23.8 Å². The fourth-order valence-corrected chi connectivity index (χ4v) is 1.56. The first-order chi connectivity index (χ1) is 6.97. The standard InChI is InChI=1S/C8H6BrF2NO3/c1-15-6-3(9)2-4(7(10)11)12-5(6)8(13)14/h2,7H,1H3,(H,13,14). The van der Waals surface area contributed by atoms with E-state index in [0.29, 0.717) is 0 Å². The fourth-order valence-electron chi connectivity index (χ4n) is 0.972. The lowest BCUT2D eigenvalue weighted by Crippen LogP contribution is -2.07. The number of pyridine rings is 1. The first-order valence-electron chi connectivity index (χ1n) is 3.73. The van der Waals surface area contributed by atoms with Crippen molar-refractivity contribution in [3.63, 3.8) is 0 Å². The molecule has 0 aliphatic carbocycles. The van der Waals surface area contributed by atoms with E-state index in [4.69, 9.17) is 9.84 Å². The number of hydrogen-bond donors (Lipinski definition) is 1. The highest BCUT2D eigenvalue weighted by Gasteiger charge is 2.21. The largest absolute Gasteiger partial charge is 0.493 e. The number of hydrogen-bond acceptors (Lipinski definition) is 3. The summed E-state index contributed by atoms with van der Waals surface area (Å²) >= 11 is 2.93. The van der Waals surface area contributed by atoms with Gasteiger partial charge in [-0.1, -0.05) is 0 Å². The van der Waals surface area contributed by atoms with Crippen LogP contribution in [0, 0.1) is 0 Å². The molecule has 0 amide bonds. The van der Waals surface area contributed by atoms with Crippen molar-refractivity contribution < 1.29 is 23.4 Å². The van der Waals surface area contributed by atoms with Crippen molar-refractivity contribution in [2.75, 3.05) is 7.11 Å². The molecule has 1 rings (SSSR count). The molecule has 0 aromatic carbocycles. The van der Waals surface area contributed by atoms with Crippen LogP contribution in [0.1, 0.15) is 22.6 Å². The lowest BCUT2D eigenvalue weighted by atomic mass is 10.3. The summed E-state index contributed by atoms with van der Waals surface area (Å²) in [4.78, 5) is 14.0. The number of methoxy groups -OCH3 is 1. The van der Waals surface area contributed by atoms with Gasteiger partial charge < -0.3 is 9.84 Å². The number of carboxylic acids is 1. The molecular weight excluding hydrogens is 276 g/mol. The Kier molecular flexibility index (Phi) is 3.57. The van der Waals surface area contributed by atoms with Crippen LogP contribution in [-0.4, -0.2) is 23.2 Å². The van der Waals surface area contributed by atoms with E-state index >= 15 is 0 Å². The minimum absolute atomic E-state index is 0.0769. The highest BCUT2D eigenvalue weighted by molar-refractivity contribution is 9.10. The maximum absolute atomic E-state index is 12.3. The quantitative estimate of drug-likeness (QED) is 0.925. The second-order valence-electron chi connectivity index (χ2n) is 2.52. The molecule has 15 heavy (non-hydrogen) atoms. The van der Waals surface area contributed by atoms with E-state index in [1.807, 2.05) is 0 Å². The molecule has 7 heteroatoms. The van der Waals surface area contributed by atoms with Gasteiger partial charge in [-0.05, 0) is 22.0 Å². The van der Waals surface area contributed by atoms with Crippen molar-refractivity contribution >= 4 is 21.9 Å². The van der Waals surface area contributed by atoms with E-state index in [-0.39, 0.29) is 10.2 Å². The van der Waals surface area contributed by atoms with Gasteiger partial charge in [0.15, 0.2) is 11.4 Å². The van der Waals surface area contributed by atoms with Gasteiger partial charge in [0, 0.05) is 0 Å². The molecule has 1 aromatic rings. The molecule has 0 saturated carbocycles. The molecule has 0 atom stereocenters. The van der Waals surface area contributed by atoms with Crippen molar-refractivity contribution in [2.24, 2.45) is 0 Å². The average molecular weight is 282 g/mol. The van der Waals surface area contributed by atoms with Gasteiger partial charge in [0.05, 0.1) is 11.6 Å². The number of carbonyl (C=O) groups is 1. The maximum Gasteiger partial charge on any atom is 0.358 e. The molecule has 0 radical (unpaired) electrons. The number of aromatic nitrogens is 1. The number of halogens is 3. The van der Waals surface area contributed by atoms with Gasteiger partial charge in [0.1, 0.15) is 5.69 Å². The maximum atomic E-state index is 12.3. The molecule has 1 aromatic heterocycles. The summed E-state index contributed by atoms with van der Waals surface area (Å²) in [7, 11) is 1.23. The van der Waals surface area contributed by atoms with Crippen LogP contribution < -0.4 is 4.74 Å². The molecule has 0 saturated heterocycles. The Balaban J connectivity index is 3.38. The Morgan fingerprint density at radius 2 is 2.27 bits per heavy atom. The third-order valence-corrected chi connectivity index (χ3v) is 2.17. The van der Waals surface area contributed by atoms with Crippen LogP contribution in [0.25, 0.3) is 0 Å². The molecule has 0 spiro atoms. The van der Waals surface area contributed by atoms with Crippen molar-refractivity contribution in [1.29, 1.82) is 0 Å². The number of rotatable bonds is 3. The van der Waals surface area contributed by atoms with Crippen LogP contribution >= 0.6 is 15.9 Å². The van der Waals surface area contributed by atoms with Crippen LogP contribution in [-0.2, 0) is 0 Å². The van der Waals surface area contributed by atoms with Gasteiger partial charge in [-0.25, -0.2) is 18.6 Å². The van der Waals surface area contributed by atoms with Crippen molar-refractivity contribution in [1.82, 2.24) is 4.98 Å². The van der Waals surface area contributed by atoms with Crippen LogP contribution in [0.4, 0.5) is 8.78 Å². The van der Waals surface area contributed by atoms with Crippen molar-refractivity contribution in [3.8, 4) is 5.75 Å². The Morgan fingerprint density at radius 1 is 1.67 bits per heavy atom. The van der Waals surface area contributed by atoms with Gasteiger partial charge in [-0.3, -0.25) is 0 Å². The van der Waals surface area contributed by atoms with Crippen molar-refractivity contribution in [2.45, 2.75) is 6.43 Å². The van der Waals surface area contributed by atoms with E-state index in [9.17, 15) is 13.6 Å². The zero-order valence-corrected chi connectivity index (χ0v) is 9.09. The van der Waals surface area contributed by atoms with E-state index in [2.05, 4.69) is 20.9 Å². The lowest BCUT2D eigenvalue weighted by molar-refractivity contribution is 0.0684. The SMILES string of the molecule is COc1c(Br)cc(C(F)F)nc1C(=O)O. The fraction of sp³-hybridized carbons (Fsp3) is 0.250. The molecule has 0 aliphatic heterocycles. The highest BCUT2D eigenvalue weighted by atomic mass is 79.9. The average Bonchev–Trinajstić information content (AvgIpc) is 2.16. The van der Waals surface area contributed by atoms with Gasteiger partial charge >= 0.3 is 5.97 Å². The lowest BCUT2D eigenvalue weighted by Gasteiger charge is -2.08. The number of carboxylic acid groups (broad SMARTS) is 1. The smallest absolute Gasteiger partial charge is 0.358 e. The first-order valence-corrected chi connectivity index (χ1v) is 4.52. The normalized spacial score (nSPS) is 10.5. The van der Waals surface area contributed by atoms with Crippen molar-refractivity contribution in [3.05, 3.63) is 21.9 Å². The molecular formula is C8H6BrF2NO3. The monoisotopic (exact) mass is 281 g/mol. The first kappa shape index (κ1) is 11.8. The summed E-state index contributed by atoms with van der Waals surface area (Å²) in [6.45, 7) is 0. The Hall–Kier alpha value is -1.24. The minimum Gasteiger partial charge on any atom is -0.493 e. The molecule has 0 fully saturated rings. The molecule has 0 bridgehead atoms. The second kappa shape index (κ2) is 4.52. The molecule has 82 valence electrons. The minimum atomic E-state index is -2.83. The molecule has 0 aliphatic rings. The topological polar surface area (TPSA) is 59.4 Å². The molecule has 1 heterocycles. The third-order valence-electron chi connectivity index (χ3n) is 1.58. The molecule has 1 N–H and O–H groups in total. The number of alkyl halides is 2. The predicted molar refractivity (Wildman–Crippen MR) is 50.4 cm³/mol. The van der Waals surface area contributed by atoms with E-state index in [1.165, 1.54) is 7.11 Å². The van der Waals surface area contributed by atoms with Crippen LogP contribution in [0.3, 0.4) is 0 Å². The zero-order chi connectivity index (χ0) is 11.6. The molecule has 0 unspecified atom stereocenters. The van der Waals surface area contributed by atoms with E-state index in [1.54, 1.807) is 0 Å². The predicted octanol–water partition coefficient (Wildman–Crippen LogP) is 2.49. The Labute approximate surface area is 92.0 Å². The number of ether oxygens (including phenoxy) is 1. The number of aromatic carboxylic acids is 1. The highest BCUT2D eigenvalue weighted by Crippen LogP contribution is 2.31. The Morgan fingerprint density at radius 3 is 2.67 bits per heavy atom. The van der Waals surface area contributed by atoms with Crippen LogP contribution in [0.2, 0.25) is 0 Å². The van der Waals surface area contributed by atoms with Crippen LogP contribution in [0.15, 0.2) is 10.5 Å². The zero-order valence-electron chi connectivity index (χ0n) is 7.50. The summed E-state index contributed by atoms with van der Waals surface area (Å²) in [5, 5.41) is 8.72. The van der Waals surface area contributed by atoms with Gasteiger partial charge in [-0.15, -0.1) is 0 Å². The molecule has 4 nitrogen and oxygen atoms in total. The number of nitrogens with zero attached hydrogens (tertiary/aromatic N) is 1. The third kappa shape index (κ3) is 2.41. The van der Waals surface area contributed by atoms with Gasteiger partial charge in [-0.2, -0.15) is 0 Å². The Bertz CT molecular complexity index is 398. The summed E-state index contributed by atoms with van der Waals surface area (Å²) in [5.41, 5.74) is -1.15. The summed E-state index contributed by atoms with van der Waals surface area (Å²) in [5.74, 6) is -1.50. The van der Waals surface area contributed by atoms with Crippen LogP contribution in [0.5, 0.6) is 5.75 Å².